The molecule has 22 heavy (non-hydrogen) atoms. The number of carbonyl (C=O) groups is 3. The van der Waals surface area contributed by atoms with Gasteiger partial charge >= 0.3 is 0 Å². The molecule has 1 aliphatic heterocycles. The first-order valence-electron chi connectivity index (χ1n) is 7.01. The van der Waals surface area contributed by atoms with Gasteiger partial charge in [0.2, 0.25) is 11.8 Å². The lowest BCUT2D eigenvalue weighted by atomic mass is 10.1. The number of likely N-dealkylation sites (N-methyl/N-ethyl adjacent to an activating group) is 1. The van der Waals surface area contributed by atoms with Crippen LogP contribution in [0.4, 0.5) is 5.69 Å². The molecule has 0 saturated heterocycles. The van der Waals surface area contributed by atoms with E-state index in [1.807, 2.05) is 24.3 Å². The predicted octanol–water partition coefficient (Wildman–Crippen LogP) is 0.766. The van der Waals surface area contributed by atoms with Gasteiger partial charge in [-0.05, 0) is 26.0 Å². The van der Waals surface area contributed by atoms with E-state index in [0.29, 0.717) is 6.54 Å². The summed E-state index contributed by atoms with van der Waals surface area (Å²) in [6, 6.07) is 7.42. The van der Waals surface area contributed by atoms with Gasteiger partial charge in [-0.1, -0.05) is 23.9 Å². The van der Waals surface area contributed by atoms with Gasteiger partial charge in [-0.2, -0.15) is 0 Å². The fourth-order valence-electron chi connectivity index (χ4n) is 2.25. The van der Waals surface area contributed by atoms with Crippen LogP contribution in [0.1, 0.15) is 13.8 Å². The number of nitrogens with zero attached hydrogens (tertiary/aromatic N) is 1. The number of thioether (sulfide) groups is 1. The van der Waals surface area contributed by atoms with Crippen LogP contribution in [0.25, 0.3) is 0 Å². The van der Waals surface area contributed by atoms with E-state index in [9.17, 15) is 14.4 Å². The number of nitrogens with one attached hydrogen (secondary N) is 2. The van der Waals surface area contributed by atoms with Crippen molar-refractivity contribution in [2.24, 2.45) is 0 Å². The summed E-state index contributed by atoms with van der Waals surface area (Å²) in [5, 5.41) is 5.14. The molecule has 3 amide bonds. The molecule has 1 aromatic rings. The van der Waals surface area contributed by atoms with Crippen molar-refractivity contribution in [3.8, 4) is 0 Å². The molecule has 1 aliphatic rings. The van der Waals surface area contributed by atoms with Crippen molar-refractivity contribution in [1.82, 2.24) is 10.6 Å². The van der Waals surface area contributed by atoms with Gasteiger partial charge in [0.1, 0.15) is 0 Å². The Balaban J connectivity index is 2.17. The Hall–Kier alpha value is -2.02. The van der Waals surface area contributed by atoms with E-state index in [1.165, 1.54) is 16.7 Å². The highest BCUT2D eigenvalue weighted by Gasteiger charge is 2.48. The summed E-state index contributed by atoms with van der Waals surface area (Å²) in [5.74, 6) is -1.04. The Kier molecular flexibility index (Phi) is 4.75. The van der Waals surface area contributed by atoms with Gasteiger partial charge in [-0.15, -0.1) is 0 Å². The second-order valence-corrected chi connectivity index (χ2v) is 6.56. The normalized spacial score (nSPS) is 20.3. The average molecular weight is 321 g/mol. The van der Waals surface area contributed by atoms with E-state index in [0.717, 1.165) is 10.6 Å². The third-order valence-electron chi connectivity index (χ3n) is 3.47. The van der Waals surface area contributed by atoms with Crippen LogP contribution in [0.5, 0.6) is 0 Å². The monoisotopic (exact) mass is 321 g/mol. The summed E-state index contributed by atoms with van der Waals surface area (Å²) in [7, 11) is 1.65. The minimum Gasteiger partial charge on any atom is -0.355 e. The zero-order valence-electron chi connectivity index (χ0n) is 12.8. The number of fused-ring (bicyclic) bond motifs is 1. The maximum absolute atomic E-state index is 12.6. The van der Waals surface area contributed by atoms with Crippen LogP contribution in [-0.2, 0) is 14.4 Å². The number of hydrogen-bond acceptors (Lipinski definition) is 4. The van der Waals surface area contributed by atoms with Gasteiger partial charge in [0.25, 0.3) is 5.91 Å². The van der Waals surface area contributed by atoms with Crippen LogP contribution in [-0.4, -0.2) is 42.6 Å². The first-order chi connectivity index (χ1) is 10.4. The Morgan fingerprint density at radius 1 is 1.27 bits per heavy atom. The molecular formula is C15H19N3O3S. The third kappa shape index (κ3) is 2.94. The van der Waals surface area contributed by atoms with Crippen LogP contribution in [0, 0.1) is 0 Å². The molecule has 2 N–H and O–H groups in total. The molecule has 6 nitrogen and oxygen atoms in total. The van der Waals surface area contributed by atoms with Crippen molar-refractivity contribution in [3.63, 3.8) is 0 Å². The molecule has 7 heteroatoms. The van der Waals surface area contributed by atoms with Crippen LogP contribution in [0.3, 0.4) is 0 Å². The lowest BCUT2D eigenvalue weighted by Crippen LogP contribution is -2.56. The summed E-state index contributed by atoms with van der Waals surface area (Å²) >= 11 is 1.21. The molecule has 0 bridgehead atoms. The Morgan fingerprint density at radius 2 is 1.95 bits per heavy atom. The summed E-state index contributed by atoms with van der Waals surface area (Å²) in [6.07, 6.45) is 0. The van der Waals surface area contributed by atoms with Gasteiger partial charge in [0.15, 0.2) is 4.75 Å². The molecule has 1 atom stereocenters. The van der Waals surface area contributed by atoms with Crippen LogP contribution < -0.4 is 15.5 Å². The molecule has 0 spiro atoms. The minimum atomic E-state index is -1.28. The molecule has 1 unspecified atom stereocenters. The fourth-order valence-corrected chi connectivity index (χ4v) is 3.53. The number of carbonyl (C=O) groups excluding carboxylic acids is 3. The lowest BCUT2D eigenvalue weighted by Gasteiger charge is -2.36. The SMILES string of the molecule is CCNC(=O)CNC(=O)C1(C)Sc2ccccc2N(C)C1=O. The van der Waals surface area contributed by atoms with Crippen molar-refractivity contribution in [1.29, 1.82) is 0 Å². The topological polar surface area (TPSA) is 78.5 Å². The van der Waals surface area contributed by atoms with E-state index in [1.54, 1.807) is 20.9 Å². The van der Waals surface area contributed by atoms with Crippen molar-refractivity contribution >= 4 is 35.2 Å². The predicted molar refractivity (Wildman–Crippen MR) is 85.8 cm³/mol. The Morgan fingerprint density at radius 3 is 2.64 bits per heavy atom. The molecule has 0 aromatic heterocycles. The second-order valence-electron chi connectivity index (χ2n) is 5.10. The van der Waals surface area contributed by atoms with Crippen LogP contribution in [0.15, 0.2) is 29.2 Å². The molecule has 1 heterocycles. The summed E-state index contributed by atoms with van der Waals surface area (Å²) in [4.78, 5) is 38.8. The highest BCUT2D eigenvalue weighted by molar-refractivity contribution is 8.02. The number of para-hydroxylation sites is 1. The van der Waals surface area contributed by atoms with Crippen molar-refractivity contribution in [3.05, 3.63) is 24.3 Å². The molecule has 0 saturated carbocycles. The maximum Gasteiger partial charge on any atom is 0.252 e. The number of hydrogen-bond donors (Lipinski definition) is 2. The lowest BCUT2D eigenvalue weighted by molar-refractivity contribution is -0.132. The summed E-state index contributed by atoms with van der Waals surface area (Å²) in [6.45, 7) is 3.74. The van der Waals surface area contributed by atoms with E-state index in [-0.39, 0.29) is 18.4 Å². The fraction of sp³-hybridized carbons (Fsp3) is 0.400. The van der Waals surface area contributed by atoms with E-state index < -0.39 is 10.7 Å². The largest absolute Gasteiger partial charge is 0.355 e. The zero-order valence-corrected chi connectivity index (χ0v) is 13.6. The standard InChI is InChI=1S/C15H19N3O3S/c1-4-16-12(19)9-17-13(20)15(2)14(21)18(3)10-7-5-6-8-11(10)22-15/h5-8H,4,9H2,1-3H3,(H,16,19)(H,17,20). The molecular weight excluding hydrogens is 302 g/mol. The smallest absolute Gasteiger partial charge is 0.252 e. The van der Waals surface area contributed by atoms with Gasteiger partial charge < -0.3 is 15.5 Å². The Bertz CT molecular complexity index is 620. The minimum absolute atomic E-state index is 0.137. The van der Waals surface area contributed by atoms with Crippen LogP contribution >= 0.6 is 11.8 Å². The summed E-state index contributed by atoms with van der Waals surface area (Å²) in [5.41, 5.74) is 0.784. The Labute approximate surface area is 133 Å². The zero-order chi connectivity index (χ0) is 16.3. The van der Waals surface area contributed by atoms with Crippen molar-refractivity contribution < 1.29 is 14.4 Å². The quantitative estimate of drug-likeness (QED) is 0.803. The highest BCUT2D eigenvalue weighted by atomic mass is 32.2. The first kappa shape index (κ1) is 16.4. The van der Waals surface area contributed by atoms with Gasteiger partial charge in [-0.25, -0.2) is 0 Å². The molecule has 0 aliphatic carbocycles. The van der Waals surface area contributed by atoms with E-state index >= 15 is 0 Å². The maximum atomic E-state index is 12.6. The molecule has 1 aromatic carbocycles. The summed E-state index contributed by atoms with van der Waals surface area (Å²) < 4.78 is -1.28. The molecule has 118 valence electrons. The van der Waals surface area contributed by atoms with Crippen LogP contribution in [0.2, 0.25) is 0 Å². The highest BCUT2D eigenvalue weighted by Crippen LogP contribution is 2.44. The number of rotatable bonds is 4. The number of benzene rings is 1. The average Bonchev–Trinajstić information content (AvgIpc) is 2.50. The molecule has 0 fully saturated rings. The van der Waals surface area contributed by atoms with E-state index in [4.69, 9.17) is 0 Å². The van der Waals surface area contributed by atoms with Crippen molar-refractivity contribution in [2.75, 3.05) is 25.0 Å². The molecule has 2 rings (SSSR count). The third-order valence-corrected chi connectivity index (χ3v) is 4.80. The van der Waals surface area contributed by atoms with Gasteiger partial charge in [0.05, 0.1) is 12.2 Å². The molecule has 0 radical (unpaired) electrons. The van der Waals surface area contributed by atoms with E-state index in [2.05, 4.69) is 10.6 Å². The van der Waals surface area contributed by atoms with Gasteiger partial charge in [-0.3, -0.25) is 14.4 Å². The number of amides is 3. The first-order valence-corrected chi connectivity index (χ1v) is 7.83. The van der Waals surface area contributed by atoms with Gasteiger partial charge in [0, 0.05) is 18.5 Å². The second kappa shape index (κ2) is 6.39. The van der Waals surface area contributed by atoms with Crippen molar-refractivity contribution in [2.45, 2.75) is 23.5 Å². The number of anilines is 1.